The Labute approximate surface area is 114 Å². The van der Waals surface area contributed by atoms with E-state index in [0.717, 1.165) is 0 Å². The van der Waals surface area contributed by atoms with Gasteiger partial charge in [0.25, 0.3) is 0 Å². The van der Waals surface area contributed by atoms with Crippen LogP contribution in [0.25, 0.3) is 0 Å². The molecule has 0 heterocycles. The molecular weight excluding hydrogens is 234 g/mol. The van der Waals surface area contributed by atoms with Crippen molar-refractivity contribution in [2.45, 2.75) is 79.1 Å². The van der Waals surface area contributed by atoms with Gasteiger partial charge in [0.1, 0.15) is 0 Å². The van der Waals surface area contributed by atoms with Gasteiger partial charge in [-0.25, -0.2) is 0 Å². The summed E-state index contributed by atoms with van der Waals surface area (Å²) in [5.74, 6) is 0. The molecule has 5 heteroatoms. The van der Waals surface area contributed by atoms with Crippen molar-refractivity contribution in [1.82, 2.24) is 0 Å². The Morgan fingerprint density at radius 3 is 0.611 bits per heavy atom. The van der Waals surface area contributed by atoms with Crippen molar-refractivity contribution in [3.8, 4) is 0 Å². The van der Waals surface area contributed by atoms with Crippen LogP contribution in [0.5, 0.6) is 0 Å². The van der Waals surface area contributed by atoms with E-state index in [1.54, 1.807) is 27.7 Å². The first-order valence-electron chi connectivity index (χ1n) is 5.67. The number of hydrogen-bond acceptors (Lipinski definition) is 3. The number of aliphatic hydroxyl groups is 3. The molecule has 0 rings (SSSR count). The van der Waals surface area contributed by atoms with Crippen LogP contribution in [0.15, 0.2) is 0 Å². The van der Waals surface area contributed by atoms with E-state index in [1.165, 1.54) is 0 Å². The van der Waals surface area contributed by atoms with Crippen molar-refractivity contribution in [1.29, 1.82) is 0 Å². The molecule has 3 radical (unpaired) electrons. The summed E-state index contributed by atoms with van der Waals surface area (Å²) >= 11 is 0. The van der Waals surface area contributed by atoms with E-state index in [0.29, 0.717) is 0 Å². The summed E-state index contributed by atoms with van der Waals surface area (Å²) in [4.78, 5) is 0. The summed E-state index contributed by atoms with van der Waals surface area (Å²) in [5, 5.41) is 27.6. The Morgan fingerprint density at radius 2 is 0.611 bits per heavy atom. The van der Waals surface area contributed by atoms with Crippen LogP contribution in [0, 0.1) is 5.41 Å². The molecule has 0 aromatic rings. The normalized spacial score (nSPS) is 12.7. The predicted octanol–water partition coefficient (Wildman–Crippen LogP) is 2.10. The van der Waals surface area contributed by atoms with E-state index >= 15 is 0 Å². The average molecular weight is 265 g/mol. The third-order valence-electron chi connectivity index (χ3n) is 3.33. The topological polar surface area (TPSA) is 60.7 Å². The lowest BCUT2D eigenvalue weighted by atomic mass is 9.79. The minimum absolute atomic E-state index is 0. The van der Waals surface area contributed by atoms with Gasteiger partial charge in [-0.1, -0.05) is 20.8 Å². The molecule has 0 aliphatic heterocycles. The molecule has 0 aliphatic rings. The largest absolute Gasteiger partial charge is 0.390 e. The number of halogens is 1. The van der Waals surface area contributed by atoms with Crippen molar-refractivity contribution in [3.63, 3.8) is 0 Å². The van der Waals surface area contributed by atoms with Gasteiger partial charge in [0.2, 0.25) is 0 Å². The first kappa shape index (κ1) is 26.4. The fourth-order valence-electron chi connectivity index (χ4n) is 0. The maximum atomic E-state index is 9.35. The van der Waals surface area contributed by atoms with Gasteiger partial charge in [-0.3, -0.25) is 4.70 Å². The summed E-state index contributed by atoms with van der Waals surface area (Å²) < 4.78 is 0. The lowest BCUT2D eigenvalue weighted by molar-refractivity contribution is -0.107. The number of hydrogen-bond donors (Lipinski definition) is 3. The molecule has 0 saturated heterocycles. The second kappa shape index (κ2) is 7.46. The Hall–Kier alpha value is -0.125. The molecule has 0 spiro atoms. The summed E-state index contributed by atoms with van der Waals surface area (Å²) in [6, 6.07) is 0. The molecule has 0 aromatic carbocycles. The lowest BCUT2D eigenvalue weighted by Gasteiger charge is -2.33. The molecule has 18 heavy (non-hydrogen) atoms. The highest BCUT2D eigenvalue weighted by atomic mass is 19.0. The SMILES string of the molecule is CC(C)(C)C(C)(C)O.CC(C)(O)C(C)(C)O.F.[B]. The Bertz CT molecular complexity index is 156. The smallest absolute Gasteiger partial charge is 0.0872 e. The highest BCUT2D eigenvalue weighted by Gasteiger charge is 2.32. The minimum atomic E-state index is -1.01. The van der Waals surface area contributed by atoms with Gasteiger partial charge in [-0.2, -0.15) is 0 Å². The molecule has 0 aliphatic carbocycles. The maximum absolute atomic E-state index is 9.35. The molecule has 3 nitrogen and oxygen atoms in total. The summed E-state index contributed by atoms with van der Waals surface area (Å²) in [6.45, 7) is 16.0. The van der Waals surface area contributed by atoms with Crippen LogP contribution in [-0.2, 0) is 0 Å². The van der Waals surface area contributed by atoms with Crippen LogP contribution in [0.1, 0.15) is 62.3 Å². The van der Waals surface area contributed by atoms with Crippen molar-refractivity contribution >= 4 is 8.41 Å². The van der Waals surface area contributed by atoms with Crippen LogP contribution in [-0.4, -0.2) is 40.5 Å². The molecule has 3 N–H and O–H groups in total. The van der Waals surface area contributed by atoms with Gasteiger partial charge in [0.15, 0.2) is 0 Å². The van der Waals surface area contributed by atoms with E-state index in [-0.39, 0.29) is 18.5 Å². The van der Waals surface area contributed by atoms with Crippen LogP contribution in [0.3, 0.4) is 0 Å². The number of rotatable bonds is 1. The van der Waals surface area contributed by atoms with Crippen LogP contribution in [0.2, 0.25) is 0 Å². The third-order valence-corrected chi connectivity index (χ3v) is 3.33. The van der Waals surface area contributed by atoms with Gasteiger partial charge in [0.05, 0.1) is 16.8 Å². The molecule has 111 valence electrons. The standard InChI is InChI=1S/C7H16O.C6H14O2.B.FH/c1-6(2,3)7(4,5)8;1-5(2,7)6(3,4)8;;/h8H,1-5H3;7-8H,1-4H3;;1H. The first-order chi connectivity index (χ1) is 6.50. The fraction of sp³-hybridized carbons (Fsp3) is 1.00. The average Bonchev–Trinajstić information content (AvgIpc) is 1.77. The van der Waals surface area contributed by atoms with E-state index < -0.39 is 16.8 Å². The fourth-order valence-corrected chi connectivity index (χ4v) is 0. The zero-order valence-corrected chi connectivity index (χ0v) is 13.3. The van der Waals surface area contributed by atoms with Crippen molar-refractivity contribution in [2.24, 2.45) is 5.41 Å². The van der Waals surface area contributed by atoms with Crippen molar-refractivity contribution < 1.29 is 20.0 Å². The molecule has 0 aromatic heterocycles. The zero-order valence-electron chi connectivity index (χ0n) is 13.3. The van der Waals surface area contributed by atoms with Gasteiger partial charge < -0.3 is 15.3 Å². The Morgan fingerprint density at radius 1 is 0.500 bits per heavy atom. The summed E-state index contributed by atoms with van der Waals surface area (Å²) in [7, 11) is 0. The van der Waals surface area contributed by atoms with E-state index in [9.17, 15) is 5.11 Å². The second-order valence-corrected chi connectivity index (χ2v) is 6.93. The van der Waals surface area contributed by atoms with Crippen LogP contribution >= 0.6 is 0 Å². The van der Waals surface area contributed by atoms with E-state index in [2.05, 4.69) is 0 Å². The summed E-state index contributed by atoms with van der Waals surface area (Å²) in [6.07, 6.45) is 0. The molecule has 0 saturated carbocycles. The van der Waals surface area contributed by atoms with E-state index in [4.69, 9.17) is 10.2 Å². The van der Waals surface area contributed by atoms with Crippen molar-refractivity contribution in [2.75, 3.05) is 0 Å². The molecule has 0 bridgehead atoms. The van der Waals surface area contributed by atoms with E-state index in [1.807, 2.05) is 34.6 Å². The van der Waals surface area contributed by atoms with Gasteiger partial charge in [-0.15, -0.1) is 0 Å². The monoisotopic (exact) mass is 265 g/mol. The highest BCUT2D eigenvalue weighted by molar-refractivity contribution is 5.75. The van der Waals surface area contributed by atoms with Gasteiger partial charge in [0, 0.05) is 8.41 Å². The predicted molar refractivity (Wildman–Crippen MR) is 76.6 cm³/mol. The second-order valence-electron chi connectivity index (χ2n) is 6.93. The Balaban J connectivity index is -0.0000000980. The quantitative estimate of drug-likeness (QED) is 0.636. The molecule has 0 amide bonds. The Kier molecular flexibility index (Phi) is 11.0. The van der Waals surface area contributed by atoms with Crippen LogP contribution < -0.4 is 0 Å². The van der Waals surface area contributed by atoms with Gasteiger partial charge >= 0.3 is 0 Å². The first-order valence-corrected chi connectivity index (χ1v) is 5.67. The van der Waals surface area contributed by atoms with Crippen molar-refractivity contribution in [3.05, 3.63) is 0 Å². The van der Waals surface area contributed by atoms with Gasteiger partial charge in [-0.05, 0) is 47.0 Å². The lowest BCUT2D eigenvalue weighted by Crippen LogP contribution is -2.44. The molecular formula is C13H31BFO3. The highest BCUT2D eigenvalue weighted by Crippen LogP contribution is 2.28. The molecule has 0 fully saturated rings. The summed E-state index contributed by atoms with van der Waals surface area (Å²) in [5.41, 5.74) is -2.58. The molecule has 0 unspecified atom stereocenters. The maximum Gasteiger partial charge on any atom is 0.0872 e. The third kappa shape index (κ3) is 11.0. The zero-order chi connectivity index (χ0) is 14.0. The minimum Gasteiger partial charge on any atom is -0.390 e. The van der Waals surface area contributed by atoms with Crippen LogP contribution in [0.4, 0.5) is 4.70 Å². The molecule has 0 atom stereocenters.